The summed E-state index contributed by atoms with van der Waals surface area (Å²) in [5.74, 6) is 0.110. The first-order valence-electron chi connectivity index (χ1n) is 6.53. The van der Waals surface area contributed by atoms with Gasteiger partial charge in [0, 0.05) is 24.8 Å². The normalized spacial score (nSPS) is 10.2. The van der Waals surface area contributed by atoms with E-state index in [2.05, 4.69) is 36.2 Å². The van der Waals surface area contributed by atoms with Crippen LogP contribution in [0.15, 0.2) is 54.6 Å². The lowest BCUT2D eigenvalue weighted by Gasteiger charge is -2.19. The first-order valence-corrected chi connectivity index (χ1v) is 6.53. The molecule has 0 saturated heterocycles. The Kier molecular flexibility index (Phi) is 4.35. The number of Topliss-reactive ketones (excluding diaryl/α,β-unsaturated/α-hetero) is 1. The van der Waals surface area contributed by atoms with Crippen LogP contribution < -0.4 is 4.90 Å². The number of hydrogen-bond acceptors (Lipinski definition) is 2. The summed E-state index contributed by atoms with van der Waals surface area (Å²) >= 11 is 0. The third kappa shape index (κ3) is 3.68. The zero-order chi connectivity index (χ0) is 13.7. The van der Waals surface area contributed by atoms with Crippen molar-refractivity contribution in [2.45, 2.75) is 13.3 Å². The number of carbonyl (C=O) groups excluding carboxylic acids is 1. The molecule has 2 rings (SSSR count). The average Bonchev–Trinajstić information content (AvgIpc) is 2.46. The van der Waals surface area contributed by atoms with Crippen LogP contribution in [0.3, 0.4) is 0 Å². The Morgan fingerprint density at radius 3 is 2.21 bits per heavy atom. The number of benzene rings is 2. The van der Waals surface area contributed by atoms with Gasteiger partial charge in [0.25, 0.3) is 0 Å². The third-order valence-electron chi connectivity index (χ3n) is 3.29. The summed E-state index contributed by atoms with van der Waals surface area (Å²) in [4.78, 5) is 13.4. The molecule has 19 heavy (non-hydrogen) atoms. The molecule has 2 nitrogen and oxygen atoms in total. The van der Waals surface area contributed by atoms with Crippen molar-refractivity contribution in [3.05, 3.63) is 65.7 Å². The molecule has 0 unspecified atom stereocenters. The molecule has 0 spiro atoms. The minimum atomic E-state index is 0.110. The summed E-state index contributed by atoms with van der Waals surface area (Å²) in [5.41, 5.74) is 3.25. The van der Waals surface area contributed by atoms with Gasteiger partial charge in [0.15, 0.2) is 5.78 Å². The van der Waals surface area contributed by atoms with Crippen molar-refractivity contribution in [3.63, 3.8) is 0 Å². The highest BCUT2D eigenvalue weighted by Crippen LogP contribution is 2.14. The summed E-state index contributed by atoms with van der Waals surface area (Å²) in [6, 6.07) is 18.2. The SMILES string of the molecule is CC(=O)c1ccc(N(C)CCc2ccccc2)cc1. The fourth-order valence-corrected chi connectivity index (χ4v) is 2.02. The Labute approximate surface area is 114 Å². The van der Waals surface area contributed by atoms with Crippen molar-refractivity contribution in [1.82, 2.24) is 0 Å². The third-order valence-corrected chi connectivity index (χ3v) is 3.29. The van der Waals surface area contributed by atoms with Gasteiger partial charge < -0.3 is 4.90 Å². The number of nitrogens with zero attached hydrogens (tertiary/aromatic N) is 1. The fraction of sp³-hybridized carbons (Fsp3) is 0.235. The molecule has 0 aliphatic heterocycles. The van der Waals surface area contributed by atoms with Crippen LogP contribution in [0.4, 0.5) is 5.69 Å². The maximum Gasteiger partial charge on any atom is 0.159 e. The highest BCUT2D eigenvalue weighted by molar-refractivity contribution is 5.94. The van der Waals surface area contributed by atoms with Crippen molar-refractivity contribution < 1.29 is 4.79 Å². The van der Waals surface area contributed by atoms with E-state index in [1.807, 2.05) is 30.3 Å². The second kappa shape index (κ2) is 6.19. The van der Waals surface area contributed by atoms with Gasteiger partial charge in [-0.2, -0.15) is 0 Å². The molecule has 98 valence electrons. The number of rotatable bonds is 5. The van der Waals surface area contributed by atoms with E-state index in [4.69, 9.17) is 0 Å². The van der Waals surface area contributed by atoms with Crippen LogP contribution >= 0.6 is 0 Å². The molecule has 0 aliphatic rings. The molecule has 2 aromatic carbocycles. The van der Waals surface area contributed by atoms with Crippen molar-refractivity contribution in [2.24, 2.45) is 0 Å². The molecule has 0 N–H and O–H groups in total. The Balaban J connectivity index is 1.96. The van der Waals surface area contributed by atoms with Crippen molar-refractivity contribution in [2.75, 3.05) is 18.5 Å². The Morgan fingerprint density at radius 2 is 1.63 bits per heavy atom. The van der Waals surface area contributed by atoms with Crippen LogP contribution in [0.5, 0.6) is 0 Å². The Morgan fingerprint density at radius 1 is 1.00 bits per heavy atom. The first kappa shape index (κ1) is 13.3. The first-order chi connectivity index (χ1) is 9.16. The summed E-state index contributed by atoms with van der Waals surface area (Å²) < 4.78 is 0. The van der Waals surface area contributed by atoms with Crippen LogP contribution in [0.25, 0.3) is 0 Å². The molecule has 2 heteroatoms. The molecule has 0 aliphatic carbocycles. The summed E-state index contributed by atoms with van der Waals surface area (Å²) in [6.07, 6.45) is 1.02. The van der Waals surface area contributed by atoms with Gasteiger partial charge in [0.2, 0.25) is 0 Å². The van der Waals surface area contributed by atoms with Crippen LogP contribution in [0, 0.1) is 0 Å². The smallest absolute Gasteiger partial charge is 0.159 e. The highest BCUT2D eigenvalue weighted by Gasteiger charge is 2.03. The number of likely N-dealkylation sites (N-methyl/N-ethyl adjacent to an activating group) is 1. The monoisotopic (exact) mass is 253 g/mol. The van der Waals surface area contributed by atoms with E-state index >= 15 is 0 Å². The van der Waals surface area contributed by atoms with E-state index in [1.54, 1.807) is 6.92 Å². The van der Waals surface area contributed by atoms with E-state index in [0.717, 1.165) is 24.2 Å². The van der Waals surface area contributed by atoms with E-state index in [0.29, 0.717) is 0 Å². The molecule has 2 aromatic rings. The summed E-state index contributed by atoms with van der Waals surface area (Å²) in [6.45, 7) is 2.55. The minimum absolute atomic E-state index is 0.110. The van der Waals surface area contributed by atoms with Crippen molar-refractivity contribution >= 4 is 11.5 Å². The van der Waals surface area contributed by atoms with Crippen molar-refractivity contribution in [3.8, 4) is 0 Å². The molecule has 0 fully saturated rings. The molecule has 0 amide bonds. The zero-order valence-electron chi connectivity index (χ0n) is 11.5. The van der Waals surface area contributed by atoms with Gasteiger partial charge >= 0.3 is 0 Å². The van der Waals surface area contributed by atoms with Gasteiger partial charge in [-0.25, -0.2) is 0 Å². The molecular formula is C17H19NO. The quantitative estimate of drug-likeness (QED) is 0.759. The maximum atomic E-state index is 11.2. The van der Waals surface area contributed by atoms with E-state index in [1.165, 1.54) is 5.56 Å². The molecule has 0 saturated carbocycles. The molecule has 0 heterocycles. The van der Waals surface area contributed by atoms with Gasteiger partial charge in [-0.1, -0.05) is 30.3 Å². The lowest BCUT2D eigenvalue weighted by molar-refractivity contribution is 0.101. The van der Waals surface area contributed by atoms with E-state index < -0.39 is 0 Å². The topological polar surface area (TPSA) is 20.3 Å². The zero-order valence-corrected chi connectivity index (χ0v) is 11.5. The van der Waals surface area contributed by atoms with Gasteiger partial charge in [0.05, 0.1) is 0 Å². The predicted molar refractivity (Wildman–Crippen MR) is 79.9 cm³/mol. The maximum absolute atomic E-state index is 11.2. The molecule has 0 atom stereocenters. The number of hydrogen-bond donors (Lipinski definition) is 0. The van der Waals surface area contributed by atoms with Crippen LogP contribution in [0.2, 0.25) is 0 Å². The minimum Gasteiger partial charge on any atom is -0.374 e. The average molecular weight is 253 g/mol. The lowest BCUT2D eigenvalue weighted by Crippen LogP contribution is -2.20. The standard InChI is InChI=1S/C17H19NO/c1-14(19)16-8-10-17(11-9-16)18(2)13-12-15-6-4-3-5-7-15/h3-11H,12-13H2,1-2H3. The fourth-order valence-electron chi connectivity index (χ4n) is 2.02. The second-order valence-corrected chi connectivity index (χ2v) is 4.76. The van der Waals surface area contributed by atoms with Gasteiger partial charge in [0.1, 0.15) is 0 Å². The molecule has 0 bridgehead atoms. The van der Waals surface area contributed by atoms with Gasteiger partial charge in [-0.3, -0.25) is 4.79 Å². The number of carbonyl (C=O) groups is 1. The summed E-state index contributed by atoms with van der Waals surface area (Å²) in [7, 11) is 2.08. The van der Waals surface area contributed by atoms with Gasteiger partial charge in [-0.15, -0.1) is 0 Å². The molecular weight excluding hydrogens is 234 g/mol. The van der Waals surface area contributed by atoms with Crippen LogP contribution in [0.1, 0.15) is 22.8 Å². The van der Waals surface area contributed by atoms with Crippen LogP contribution in [-0.4, -0.2) is 19.4 Å². The largest absolute Gasteiger partial charge is 0.374 e. The Hall–Kier alpha value is -2.09. The molecule has 0 radical (unpaired) electrons. The second-order valence-electron chi connectivity index (χ2n) is 4.76. The van der Waals surface area contributed by atoms with E-state index in [9.17, 15) is 4.79 Å². The van der Waals surface area contributed by atoms with Gasteiger partial charge in [-0.05, 0) is 43.2 Å². The highest BCUT2D eigenvalue weighted by atomic mass is 16.1. The lowest BCUT2D eigenvalue weighted by atomic mass is 10.1. The molecule has 0 aromatic heterocycles. The van der Waals surface area contributed by atoms with E-state index in [-0.39, 0.29) is 5.78 Å². The van der Waals surface area contributed by atoms with Crippen molar-refractivity contribution in [1.29, 1.82) is 0 Å². The van der Waals surface area contributed by atoms with Crippen LogP contribution in [-0.2, 0) is 6.42 Å². The number of anilines is 1. The number of ketones is 1. The predicted octanol–water partition coefficient (Wildman–Crippen LogP) is 3.57. The summed E-state index contributed by atoms with van der Waals surface area (Å²) in [5, 5.41) is 0. The Bertz CT molecular complexity index is 531.